The molecule has 4 rings (SSSR count). The van der Waals surface area contributed by atoms with Crippen LogP contribution in [-0.2, 0) is 5.41 Å². The molecule has 0 atom stereocenters. The standard InChI is InChI=1S/C25H32N6O4S/c1-14-8-9-15(25(2,3)4)10-18(14)35-24-27-17(13-36-24)20(32)28-19-21(33-6)29-23(30-22(19)34-7)26-16-11-31(5)12-16/h8-10,13,16H,11-12H2,1-7H3,(H,28,32)(H,26,29,30). The highest BCUT2D eigenvalue weighted by Crippen LogP contribution is 2.35. The predicted octanol–water partition coefficient (Wildman–Crippen LogP) is 4.33. The van der Waals surface area contributed by atoms with Gasteiger partial charge in [-0.1, -0.05) is 44.2 Å². The normalized spacial score (nSPS) is 14.2. The number of hydrogen-bond donors (Lipinski definition) is 2. The fourth-order valence-corrected chi connectivity index (χ4v) is 4.38. The number of nitrogens with one attached hydrogen (secondary N) is 2. The minimum absolute atomic E-state index is 0.0147. The molecular formula is C25H32N6O4S. The summed E-state index contributed by atoms with van der Waals surface area (Å²) < 4.78 is 16.9. The molecule has 10 nitrogen and oxygen atoms in total. The Bertz CT molecular complexity index is 1220. The quantitative estimate of drug-likeness (QED) is 0.456. The van der Waals surface area contributed by atoms with Crippen molar-refractivity contribution >= 4 is 28.9 Å². The molecule has 0 bridgehead atoms. The molecule has 0 spiro atoms. The first-order valence-electron chi connectivity index (χ1n) is 11.6. The number of ether oxygens (including phenoxy) is 3. The van der Waals surface area contributed by atoms with Crippen LogP contribution in [0.3, 0.4) is 0 Å². The van der Waals surface area contributed by atoms with E-state index in [2.05, 4.69) is 57.3 Å². The highest BCUT2D eigenvalue weighted by Gasteiger charge is 2.26. The lowest BCUT2D eigenvalue weighted by Gasteiger charge is -2.36. The number of thiazole rings is 1. The van der Waals surface area contributed by atoms with Crippen molar-refractivity contribution in [3.63, 3.8) is 0 Å². The molecule has 0 aliphatic carbocycles. The van der Waals surface area contributed by atoms with Crippen molar-refractivity contribution in [3.8, 4) is 22.7 Å². The Morgan fingerprint density at radius 2 is 1.78 bits per heavy atom. The molecule has 11 heteroatoms. The number of aromatic nitrogens is 3. The van der Waals surface area contributed by atoms with Crippen molar-refractivity contribution in [3.05, 3.63) is 40.4 Å². The highest BCUT2D eigenvalue weighted by atomic mass is 32.1. The number of methoxy groups -OCH3 is 2. The number of likely N-dealkylation sites (tertiary alicyclic amines) is 1. The van der Waals surface area contributed by atoms with Gasteiger partial charge in [0.25, 0.3) is 11.1 Å². The van der Waals surface area contributed by atoms with Crippen LogP contribution in [0.1, 0.15) is 42.4 Å². The lowest BCUT2D eigenvalue weighted by Crippen LogP contribution is -2.52. The van der Waals surface area contributed by atoms with Gasteiger partial charge >= 0.3 is 0 Å². The number of carbonyl (C=O) groups is 1. The van der Waals surface area contributed by atoms with Crippen LogP contribution in [0, 0.1) is 6.92 Å². The fraction of sp³-hybridized carbons (Fsp3) is 0.440. The Labute approximate surface area is 215 Å². The predicted molar refractivity (Wildman–Crippen MR) is 140 cm³/mol. The van der Waals surface area contributed by atoms with E-state index in [4.69, 9.17) is 14.2 Å². The topological polar surface area (TPSA) is 111 Å². The number of carbonyl (C=O) groups excluding carboxylic acids is 1. The molecule has 3 aromatic rings. The molecule has 192 valence electrons. The lowest BCUT2D eigenvalue weighted by molar-refractivity contribution is 0.102. The monoisotopic (exact) mass is 512 g/mol. The summed E-state index contributed by atoms with van der Waals surface area (Å²) in [7, 11) is 4.99. The van der Waals surface area contributed by atoms with Gasteiger partial charge in [0.1, 0.15) is 11.4 Å². The van der Waals surface area contributed by atoms with Crippen LogP contribution in [-0.4, -0.2) is 66.2 Å². The van der Waals surface area contributed by atoms with Gasteiger partial charge < -0.3 is 29.7 Å². The number of nitrogens with zero attached hydrogens (tertiary/aromatic N) is 4. The van der Waals surface area contributed by atoms with Crippen molar-refractivity contribution in [2.24, 2.45) is 0 Å². The van der Waals surface area contributed by atoms with E-state index in [0.29, 0.717) is 16.9 Å². The Balaban J connectivity index is 1.50. The van der Waals surface area contributed by atoms with E-state index in [1.54, 1.807) is 5.38 Å². The molecule has 3 heterocycles. The van der Waals surface area contributed by atoms with Crippen molar-refractivity contribution in [2.75, 3.05) is 45.0 Å². The number of benzene rings is 1. The first-order chi connectivity index (χ1) is 17.1. The van der Waals surface area contributed by atoms with Crippen LogP contribution in [0.15, 0.2) is 23.6 Å². The Morgan fingerprint density at radius 1 is 1.11 bits per heavy atom. The zero-order chi connectivity index (χ0) is 26.0. The number of aryl methyl sites for hydroxylation is 1. The van der Waals surface area contributed by atoms with E-state index in [0.717, 1.165) is 24.2 Å². The van der Waals surface area contributed by atoms with E-state index in [9.17, 15) is 4.79 Å². The molecule has 1 aromatic carbocycles. The molecule has 36 heavy (non-hydrogen) atoms. The summed E-state index contributed by atoms with van der Waals surface area (Å²) in [5, 5.41) is 8.03. The maximum absolute atomic E-state index is 13.0. The molecule has 1 fully saturated rings. The third-order valence-electron chi connectivity index (χ3n) is 5.83. The third-order valence-corrected chi connectivity index (χ3v) is 6.55. The highest BCUT2D eigenvalue weighted by molar-refractivity contribution is 7.11. The average molecular weight is 513 g/mol. The molecular weight excluding hydrogens is 480 g/mol. The van der Waals surface area contributed by atoms with Gasteiger partial charge in [-0.25, -0.2) is 0 Å². The minimum Gasteiger partial charge on any atom is -0.479 e. The second-order valence-corrected chi connectivity index (χ2v) is 10.6. The second kappa shape index (κ2) is 10.3. The molecule has 1 aliphatic heterocycles. The van der Waals surface area contributed by atoms with Gasteiger partial charge in [-0.15, -0.1) is 0 Å². The van der Waals surface area contributed by atoms with Crippen LogP contribution in [0.2, 0.25) is 0 Å². The fourth-order valence-electron chi connectivity index (χ4n) is 3.72. The first-order valence-corrected chi connectivity index (χ1v) is 12.5. The number of amides is 1. The molecule has 1 saturated heterocycles. The summed E-state index contributed by atoms with van der Waals surface area (Å²) in [5.41, 5.74) is 2.55. The van der Waals surface area contributed by atoms with Gasteiger partial charge in [-0.2, -0.15) is 15.0 Å². The van der Waals surface area contributed by atoms with Crippen LogP contribution >= 0.6 is 11.3 Å². The zero-order valence-corrected chi connectivity index (χ0v) is 22.4. The van der Waals surface area contributed by atoms with Gasteiger partial charge in [0.2, 0.25) is 17.7 Å². The molecule has 2 N–H and O–H groups in total. The lowest BCUT2D eigenvalue weighted by atomic mass is 9.86. The van der Waals surface area contributed by atoms with E-state index < -0.39 is 5.91 Å². The number of rotatable bonds is 8. The minimum atomic E-state index is -0.456. The molecule has 1 amide bonds. The zero-order valence-electron chi connectivity index (χ0n) is 21.6. The summed E-state index contributed by atoms with van der Waals surface area (Å²) in [6, 6.07) is 6.38. The summed E-state index contributed by atoms with van der Waals surface area (Å²) in [5.74, 6) is 0.999. The van der Waals surface area contributed by atoms with Crippen molar-refractivity contribution in [1.29, 1.82) is 0 Å². The molecule has 0 radical (unpaired) electrons. The molecule has 1 aliphatic rings. The van der Waals surface area contributed by atoms with Gasteiger partial charge in [0.15, 0.2) is 5.69 Å². The van der Waals surface area contributed by atoms with Crippen LogP contribution in [0.4, 0.5) is 11.6 Å². The van der Waals surface area contributed by atoms with Crippen molar-refractivity contribution in [1.82, 2.24) is 19.9 Å². The van der Waals surface area contributed by atoms with Crippen LogP contribution in [0.5, 0.6) is 22.7 Å². The molecule has 0 saturated carbocycles. The summed E-state index contributed by atoms with van der Waals surface area (Å²) in [6.07, 6.45) is 0. The smallest absolute Gasteiger partial charge is 0.279 e. The maximum Gasteiger partial charge on any atom is 0.279 e. The first kappa shape index (κ1) is 25.6. The van der Waals surface area contributed by atoms with E-state index in [1.165, 1.54) is 25.6 Å². The summed E-state index contributed by atoms with van der Waals surface area (Å²) in [6.45, 7) is 10.2. The van der Waals surface area contributed by atoms with Gasteiger partial charge in [0, 0.05) is 18.5 Å². The second-order valence-electron chi connectivity index (χ2n) is 9.79. The average Bonchev–Trinajstić information content (AvgIpc) is 3.28. The number of anilines is 2. The Hall–Kier alpha value is -3.44. The summed E-state index contributed by atoms with van der Waals surface area (Å²) >= 11 is 1.24. The van der Waals surface area contributed by atoms with Crippen molar-refractivity contribution in [2.45, 2.75) is 39.2 Å². The van der Waals surface area contributed by atoms with Crippen LogP contribution in [0.25, 0.3) is 0 Å². The SMILES string of the molecule is COc1nc(NC2CN(C)C2)nc(OC)c1NC(=O)c1csc(Oc2cc(C(C)(C)C)ccc2C)n1. The van der Waals surface area contributed by atoms with Gasteiger partial charge in [0.05, 0.1) is 20.3 Å². The van der Waals surface area contributed by atoms with Crippen molar-refractivity contribution < 1.29 is 19.0 Å². The number of likely N-dealkylation sites (N-methyl/N-ethyl adjacent to an activating group) is 1. The molecule has 0 unspecified atom stereocenters. The van der Waals surface area contributed by atoms with Gasteiger partial charge in [-0.05, 0) is 36.6 Å². The maximum atomic E-state index is 13.0. The van der Waals surface area contributed by atoms with E-state index in [1.807, 2.05) is 26.1 Å². The van der Waals surface area contributed by atoms with Crippen LogP contribution < -0.4 is 24.8 Å². The summed E-state index contributed by atoms with van der Waals surface area (Å²) in [4.78, 5) is 28.3. The van der Waals surface area contributed by atoms with E-state index in [-0.39, 0.29) is 34.6 Å². The van der Waals surface area contributed by atoms with E-state index >= 15 is 0 Å². The largest absolute Gasteiger partial charge is 0.479 e. The molecule has 2 aromatic heterocycles. The Kier molecular flexibility index (Phi) is 7.32. The van der Waals surface area contributed by atoms with Gasteiger partial charge in [-0.3, -0.25) is 4.79 Å². The Morgan fingerprint density at radius 3 is 2.36 bits per heavy atom. The number of hydrogen-bond acceptors (Lipinski definition) is 10. The third kappa shape index (κ3) is 5.68.